The minimum absolute atomic E-state index is 0.174. The molecule has 0 radical (unpaired) electrons. The first-order valence-corrected chi connectivity index (χ1v) is 9.64. The standard InChI is InChI=1S/C19H18ClFN2O2S/c20-14-6-4-13(5-7-14)12-23-17-9-8-15(21)11-16(17)22-19(23)26-10-2-1-3-18(24)25/h4-9,11H,1-3,10,12H2,(H,24,25). The number of hydrogen-bond acceptors (Lipinski definition) is 3. The van der Waals surface area contributed by atoms with Crippen molar-refractivity contribution in [2.45, 2.75) is 31.0 Å². The molecule has 26 heavy (non-hydrogen) atoms. The van der Waals surface area contributed by atoms with E-state index in [0.717, 1.165) is 28.4 Å². The molecule has 0 saturated heterocycles. The average molecular weight is 393 g/mol. The van der Waals surface area contributed by atoms with E-state index >= 15 is 0 Å². The van der Waals surface area contributed by atoms with Crippen LogP contribution in [0.2, 0.25) is 5.02 Å². The molecule has 0 fully saturated rings. The highest BCUT2D eigenvalue weighted by molar-refractivity contribution is 7.99. The Morgan fingerprint density at radius 1 is 1.19 bits per heavy atom. The second-order valence-corrected chi connectivity index (χ2v) is 7.44. The second kappa shape index (κ2) is 8.56. The van der Waals surface area contributed by atoms with Crippen LogP contribution in [0.15, 0.2) is 47.6 Å². The van der Waals surface area contributed by atoms with Gasteiger partial charge in [-0.1, -0.05) is 35.5 Å². The number of aromatic nitrogens is 2. The summed E-state index contributed by atoms with van der Waals surface area (Å²) >= 11 is 7.51. The molecule has 0 aliphatic carbocycles. The Morgan fingerprint density at radius 3 is 2.69 bits per heavy atom. The summed E-state index contributed by atoms with van der Waals surface area (Å²) in [5.74, 6) is -0.327. The van der Waals surface area contributed by atoms with E-state index in [2.05, 4.69) is 9.55 Å². The number of nitrogens with zero attached hydrogens (tertiary/aromatic N) is 2. The van der Waals surface area contributed by atoms with Crippen LogP contribution in [0.25, 0.3) is 11.0 Å². The van der Waals surface area contributed by atoms with Crippen LogP contribution < -0.4 is 0 Å². The Morgan fingerprint density at radius 2 is 1.96 bits per heavy atom. The van der Waals surface area contributed by atoms with Crippen LogP contribution in [0.4, 0.5) is 4.39 Å². The van der Waals surface area contributed by atoms with Crippen molar-refractivity contribution in [3.63, 3.8) is 0 Å². The lowest BCUT2D eigenvalue weighted by atomic mass is 10.2. The fourth-order valence-electron chi connectivity index (χ4n) is 2.66. The zero-order valence-corrected chi connectivity index (χ0v) is 15.6. The van der Waals surface area contributed by atoms with Crippen molar-refractivity contribution in [3.8, 4) is 0 Å². The van der Waals surface area contributed by atoms with Crippen LogP contribution in [0.5, 0.6) is 0 Å². The van der Waals surface area contributed by atoms with Gasteiger partial charge in [0.2, 0.25) is 0 Å². The number of rotatable bonds is 8. The number of carbonyl (C=O) groups is 1. The summed E-state index contributed by atoms with van der Waals surface area (Å²) in [7, 11) is 0. The van der Waals surface area contributed by atoms with Gasteiger partial charge >= 0.3 is 5.97 Å². The number of halogens is 2. The number of carboxylic acid groups (broad SMARTS) is 1. The number of imidazole rings is 1. The van der Waals surface area contributed by atoms with E-state index in [1.807, 2.05) is 24.3 Å². The van der Waals surface area contributed by atoms with Gasteiger partial charge in [-0.05, 0) is 42.7 Å². The van der Waals surface area contributed by atoms with Crippen molar-refractivity contribution in [2.75, 3.05) is 5.75 Å². The van der Waals surface area contributed by atoms with E-state index < -0.39 is 5.97 Å². The lowest BCUT2D eigenvalue weighted by Crippen LogP contribution is -2.02. The third-order valence-electron chi connectivity index (χ3n) is 3.95. The molecule has 136 valence electrons. The number of fused-ring (bicyclic) bond motifs is 1. The zero-order chi connectivity index (χ0) is 18.5. The lowest BCUT2D eigenvalue weighted by molar-refractivity contribution is -0.137. The maximum Gasteiger partial charge on any atom is 0.303 e. The molecular formula is C19H18ClFN2O2S. The van der Waals surface area contributed by atoms with Crippen molar-refractivity contribution >= 4 is 40.4 Å². The molecule has 1 N–H and O–H groups in total. The molecule has 2 aromatic carbocycles. The highest BCUT2D eigenvalue weighted by Crippen LogP contribution is 2.27. The topological polar surface area (TPSA) is 55.1 Å². The largest absolute Gasteiger partial charge is 0.481 e. The molecular weight excluding hydrogens is 375 g/mol. The predicted octanol–water partition coefficient (Wildman–Crippen LogP) is 5.22. The Labute approximate surface area is 160 Å². The predicted molar refractivity (Wildman–Crippen MR) is 102 cm³/mol. The van der Waals surface area contributed by atoms with Gasteiger partial charge in [-0.3, -0.25) is 4.79 Å². The van der Waals surface area contributed by atoms with E-state index in [1.165, 1.54) is 12.1 Å². The summed E-state index contributed by atoms with van der Waals surface area (Å²) < 4.78 is 15.6. The van der Waals surface area contributed by atoms with Gasteiger partial charge in [0.05, 0.1) is 17.6 Å². The molecule has 0 spiro atoms. The quantitative estimate of drug-likeness (QED) is 0.421. The van der Waals surface area contributed by atoms with Gasteiger partial charge < -0.3 is 9.67 Å². The molecule has 0 bridgehead atoms. The Hall–Kier alpha value is -2.05. The first-order chi connectivity index (χ1) is 12.5. The summed E-state index contributed by atoms with van der Waals surface area (Å²) in [6.07, 6.45) is 1.59. The summed E-state index contributed by atoms with van der Waals surface area (Å²) in [4.78, 5) is 15.2. The number of unbranched alkanes of at least 4 members (excludes halogenated alkanes) is 1. The SMILES string of the molecule is O=C(O)CCCCSc1nc2cc(F)ccc2n1Cc1ccc(Cl)cc1. The van der Waals surface area contributed by atoms with Crippen molar-refractivity contribution in [2.24, 2.45) is 0 Å². The Bertz CT molecular complexity index is 912. The van der Waals surface area contributed by atoms with Crippen LogP contribution in [-0.4, -0.2) is 26.4 Å². The normalized spacial score (nSPS) is 11.2. The second-order valence-electron chi connectivity index (χ2n) is 5.94. The molecule has 7 heteroatoms. The van der Waals surface area contributed by atoms with E-state index in [-0.39, 0.29) is 12.2 Å². The number of carboxylic acids is 1. The maximum atomic E-state index is 13.6. The number of aliphatic carboxylic acids is 1. The third kappa shape index (κ3) is 4.77. The third-order valence-corrected chi connectivity index (χ3v) is 5.26. The van der Waals surface area contributed by atoms with Crippen LogP contribution in [-0.2, 0) is 11.3 Å². The van der Waals surface area contributed by atoms with E-state index in [9.17, 15) is 9.18 Å². The number of benzene rings is 2. The Kier molecular flexibility index (Phi) is 6.16. The molecule has 1 heterocycles. The van der Waals surface area contributed by atoms with Gasteiger partial charge in [0.1, 0.15) is 5.82 Å². The molecule has 1 aromatic heterocycles. The lowest BCUT2D eigenvalue weighted by Gasteiger charge is -2.09. The van der Waals surface area contributed by atoms with Crippen molar-refractivity contribution in [1.29, 1.82) is 0 Å². The van der Waals surface area contributed by atoms with E-state index in [1.54, 1.807) is 17.8 Å². The highest BCUT2D eigenvalue weighted by atomic mass is 35.5. The average Bonchev–Trinajstić information content (AvgIpc) is 2.93. The van der Waals surface area contributed by atoms with Crippen molar-refractivity contribution < 1.29 is 14.3 Å². The first kappa shape index (κ1) is 18.7. The summed E-state index contributed by atoms with van der Waals surface area (Å²) in [5, 5.41) is 10.2. The molecule has 0 amide bonds. The molecule has 0 unspecified atom stereocenters. The molecule has 0 atom stereocenters. The van der Waals surface area contributed by atoms with Crippen LogP contribution >= 0.6 is 23.4 Å². The Balaban J connectivity index is 1.81. The summed E-state index contributed by atoms with van der Waals surface area (Å²) in [6, 6.07) is 12.2. The minimum atomic E-state index is -0.777. The monoisotopic (exact) mass is 392 g/mol. The molecule has 3 rings (SSSR count). The summed E-state index contributed by atoms with van der Waals surface area (Å²) in [5.41, 5.74) is 2.56. The van der Waals surface area contributed by atoms with Gasteiger partial charge in [-0.15, -0.1) is 0 Å². The van der Waals surface area contributed by atoms with Crippen molar-refractivity contribution in [3.05, 3.63) is 58.9 Å². The van der Waals surface area contributed by atoms with Crippen molar-refractivity contribution in [1.82, 2.24) is 9.55 Å². The zero-order valence-electron chi connectivity index (χ0n) is 14.0. The van der Waals surface area contributed by atoms with Gasteiger partial charge in [0, 0.05) is 23.3 Å². The molecule has 0 aliphatic rings. The fourth-order valence-corrected chi connectivity index (χ4v) is 3.80. The van der Waals surface area contributed by atoms with Gasteiger partial charge in [-0.25, -0.2) is 9.37 Å². The molecule has 3 aromatic rings. The van der Waals surface area contributed by atoms with E-state index in [4.69, 9.17) is 16.7 Å². The minimum Gasteiger partial charge on any atom is -0.481 e. The number of hydrogen-bond donors (Lipinski definition) is 1. The highest BCUT2D eigenvalue weighted by Gasteiger charge is 2.13. The van der Waals surface area contributed by atoms with Crippen LogP contribution in [0.1, 0.15) is 24.8 Å². The molecule has 0 aliphatic heterocycles. The maximum absolute atomic E-state index is 13.6. The van der Waals surface area contributed by atoms with Gasteiger partial charge in [-0.2, -0.15) is 0 Å². The van der Waals surface area contributed by atoms with Crippen LogP contribution in [0.3, 0.4) is 0 Å². The van der Waals surface area contributed by atoms with Crippen LogP contribution in [0, 0.1) is 5.82 Å². The van der Waals surface area contributed by atoms with Gasteiger partial charge in [0.25, 0.3) is 0 Å². The smallest absolute Gasteiger partial charge is 0.303 e. The molecule has 0 saturated carbocycles. The summed E-state index contributed by atoms with van der Waals surface area (Å²) in [6.45, 7) is 0.608. The van der Waals surface area contributed by atoms with Gasteiger partial charge in [0.15, 0.2) is 5.16 Å². The molecule has 4 nitrogen and oxygen atoms in total. The first-order valence-electron chi connectivity index (χ1n) is 8.28. The van der Waals surface area contributed by atoms with E-state index in [0.29, 0.717) is 23.5 Å². The number of thioether (sulfide) groups is 1. The fraction of sp³-hybridized carbons (Fsp3) is 0.263.